The van der Waals surface area contributed by atoms with Crippen molar-refractivity contribution in [3.05, 3.63) is 39.6 Å². The highest BCUT2D eigenvalue weighted by molar-refractivity contribution is 5.82. The number of nitrogens with zero attached hydrogens (tertiary/aromatic N) is 6. The topological polar surface area (TPSA) is 116 Å². The summed E-state index contributed by atoms with van der Waals surface area (Å²) in [6.07, 6.45) is 3.10. The van der Waals surface area contributed by atoms with E-state index >= 15 is 0 Å². The van der Waals surface area contributed by atoms with Gasteiger partial charge in [-0.1, -0.05) is 0 Å². The molecule has 24 heavy (non-hydrogen) atoms. The molecule has 3 aromatic rings. The first-order valence-electron chi connectivity index (χ1n) is 7.58. The Hall–Kier alpha value is -3.17. The molecule has 1 aliphatic heterocycles. The lowest BCUT2D eigenvalue weighted by Gasteiger charge is -2.36. The summed E-state index contributed by atoms with van der Waals surface area (Å²) in [5, 5.41) is 0. The van der Waals surface area contributed by atoms with Gasteiger partial charge in [0.2, 0.25) is 0 Å². The van der Waals surface area contributed by atoms with Crippen LogP contribution in [0.5, 0.6) is 0 Å². The smallest absolute Gasteiger partial charge is 0.329 e. The van der Waals surface area contributed by atoms with Crippen LogP contribution in [0.2, 0.25) is 0 Å². The second kappa shape index (κ2) is 5.48. The van der Waals surface area contributed by atoms with Gasteiger partial charge in [-0.25, -0.2) is 19.7 Å². The van der Waals surface area contributed by atoms with Crippen LogP contribution in [0.25, 0.3) is 11.2 Å². The Morgan fingerprint density at radius 1 is 1.04 bits per heavy atom. The van der Waals surface area contributed by atoms with E-state index in [-0.39, 0.29) is 5.56 Å². The highest BCUT2D eigenvalue weighted by Gasteiger charge is 2.21. The van der Waals surface area contributed by atoms with Crippen LogP contribution in [0.4, 0.5) is 11.6 Å². The molecule has 0 aliphatic carbocycles. The van der Waals surface area contributed by atoms with Gasteiger partial charge in [0.25, 0.3) is 5.56 Å². The molecular weight excluding hydrogens is 312 g/mol. The molecule has 0 bridgehead atoms. The Morgan fingerprint density at radius 2 is 1.79 bits per heavy atom. The quantitative estimate of drug-likeness (QED) is 0.624. The van der Waals surface area contributed by atoms with Gasteiger partial charge in [-0.05, 0) is 0 Å². The first-order chi connectivity index (χ1) is 11.6. The number of anilines is 2. The molecule has 1 saturated heterocycles. The van der Waals surface area contributed by atoms with Crippen molar-refractivity contribution < 1.29 is 0 Å². The Labute approximate surface area is 135 Å². The number of hydrogen-bond acceptors (Lipinski definition) is 7. The number of imidazole rings is 1. The predicted octanol–water partition coefficient (Wildman–Crippen LogP) is -0.933. The highest BCUT2D eigenvalue weighted by Crippen LogP contribution is 2.21. The van der Waals surface area contributed by atoms with Crippen molar-refractivity contribution in [2.75, 3.05) is 36.0 Å². The van der Waals surface area contributed by atoms with Crippen LogP contribution in [0.1, 0.15) is 0 Å². The van der Waals surface area contributed by atoms with Crippen molar-refractivity contribution in [1.29, 1.82) is 0 Å². The number of aromatic nitrogens is 6. The zero-order valence-corrected chi connectivity index (χ0v) is 13.1. The number of aromatic amines is 2. The molecule has 0 radical (unpaired) electrons. The van der Waals surface area contributed by atoms with Crippen LogP contribution in [-0.2, 0) is 7.05 Å². The minimum Gasteiger partial charge on any atom is -0.354 e. The van der Waals surface area contributed by atoms with Gasteiger partial charge in [-0.3, -0.25) is 14.3 Å². The summed E-state index contributed by atoms with van der Waals surface area (Å²) in [7, 11) is 1.45. The highest BCUT2D eigenvalue weighted by atomic mass is 16.2. The fourth-order valence-corrected chi connectivity index (χ4v) is 2.86. The molecule has 0 saturated carbocycles. The monoisotopic (exact) mass is 328 g/mol. The molecule has 10 heteroatoms. The van der Waals surface area contributed by atoms with Gasteiger partial charge in [0.1, 0.15) is 17.7 Å². The van der Waals surface area contributed by atoms with Crippen molar-refractivity contribution in [3.8, 4) is 0 Å². The van der Waals surface area contributed by atoms with Gasteiger partial charge < -0.3 is 14.8 Å². The molecule has 3 aromatic heterocycles. The minimum absolute atomic E-state index is 0.314. The summed E-state index contributed by atoms with van der Waals surface area (Å²) in [6, 6.07) is 1.45. The largest absolute Gasteiger partial charge is 0.354 e. The fourth-order valence-electron chi connectivity index (χ4n) is 2.86. The summed E-state index contributed by atoms with van der Waals surface area (Å²) >= 11 is 0. The number of rotatable bonds is 2. The van der Waals surface area contributed by atoms with E-state index in [4.69, 9.17) is 0 Å². The fraction of sp³-hybridized carbons (Fsp3) is 0.357. The second-order valence-corrected chi connectivity index (χ2v) is 5.63. The third kappa shape index (κ3) is 2.32. The lowest BCUT2D eigenvalue weighted by molar-refractivity contribution is 0.636. The lowest BCUT2D eigenvalue weighted by atomic mass is 10.3. The van der Waals surface area contributed by atoms with Crippen LogP contribution in [0.3, 0.4) is 0 Å². The predicted molar refractivity (Wildman–Crippen MR) is 88.4 cm³/mol. The van der Waals surface area contributed by atoms with Crippen molar-refractivity contribution >= 4 is 22.8 Å². The van der Waals surface area contributed by atoms with Gasteiger partial charge in [0.05, 0.1) is 6.33 Å². The molecule has 2 N–H and O–H groups in total. The average Bonchev–Trinajstić information content (AvgIpc) is 3.08. The zero-order valence-electron chi connectivity index (χ0n) is 13.1. The molecule has 0 aromatic carbocycles. The van der Waals surface area contributed by atoms with Gasteiger partial charge in [0, 0.05) is 39.3 Å². The lowest BCUT2D eigenvalue weighted by Crippen LogP contribution is -2.48. The number of hydrogen-bond donors (Lipinski definition) is 2. The number of fused-ring (bicyclic) bond motifs is 1. The average molecular weight is 328 g/mol. The molecule has 4 rings (SSSR count). The van der Waals surface area contributed by atoms with E-state index in [0.29, 0.717) is 37.6 Å². The molecular formula is C14H16N8O2. The molecule has 4 heterocycles. The Bertz CT molecular complexity index is 964. The summed E-state index contributed by atoms with van der Waals surface area (Å²) < 4.78 is 1.05. The third-order valence-electron chi connectivity index (χ3n) is 4.25. The van der Waals surface area contributed by atoms with Gasteiger partial charge in [-0.15, -0.1) is 0 Å². The minimum atomic E-state index is -0.408. The van der Waals surface area contributed by atoms with Crippen molar-refractivity contribution in [2.45, 2.75) is 0 Å². The molecule has 0 spiro atoms. The third-order valence-corrected chi connectivity index (χ3v) is 4.25. The maximum Gasteiger partial charge on any atom is 0.329 e. The molecule has 1 aliphatic rings. The van der Waals surface area contributed by atoms with E-state index in [1.807, 2.05) is 4.90 Å². The van der Waals surface area contributed by atoms with E-state index in [0.717, 1.165) is 15.9 Å². The maximum absolute atomic E-state index is 11.8. The Morgan fingerprint density at radius 3 is 2.54 bits per heavy atom. The zero-order chi connectivity index (χ0) is 16.7. The summed E-state index contributed by atoms with van der Waals surface area (Å²) in [5.41, 5.74) is 0.729. The van der Waals surface area contributed by atoms with Crippen LogP contribution in [0, 0.1) is 0 Å². The van der Waals surface area contributed by atoms with Crippen molar-refractivity contribution in [3.63, 3.8) is 0 Å². The molecule has 0 unspecified atom stereocenters. The molecule has 0 atom stereocenters. The van der Waals surface area contributed by atoms with Crippen molar-refractivity contribution in [2.24, 2.45) is 7.05 Å². The number of H-pyrrole nitrogens is 2. The maximum atomic E-state index is 11.8. The first-order valence-corrected chi connectivity index (χ1v) is 7.58. The standard InChI is InChI=1S/C14H16N8O2/c1-20-10(23)6-9(19-14(20)24)21-2-4-22(5-3-21)13-11-12(16-7-15-11)17-8-18-13/h6-8H,2-5H2,1H3,(H,19,24)(H,15,16,17,18). The van der Waals surface area contributed by atoms with E-state index in [1.165, 1.54) is 19.4 Å². The SMILES string of the molecule is Cn1c(=O)cc(N2CCN(c3ncnc4nc[nH]c34)CC2)[nH]c1=O. The summed E-state index contributed by atoms with van der Waals surface area (Å²) in [6.45, 7) is 2.76. The summed E-state index contributed by atoms with van der Waals surface area (Å²) in [5.74, 6) is 1.37. The van der Waals surface area contributed by atoms with Gasteiger partial charge in [0.15, 0.2) is 11.5 Å². The molecule has 0 amide bonds. The van der Waals surface area contributed by atoms with E-state index < -0.39 is 5.69 Å². The van der Waals surface area contributed by atoms with E-state index in [1.54, 1.807) is 6.33 Å². The number of piperazine rings is 1. The van der Waals surface area contributed by atoms with E-state index in [2.05, 4.69) is 29.8 Å². The van der Waals surface area contributed by atoms with Crippen LogP contribution in [-0.4, -0.2) is 55.7 Å². The van der Waals surface area contributed by atoms with Gasteiger partial charge >= 0.3 is 5.69 Å². The van der Waals surface area contributed by atoms with Crippen LogP contribution in [0.15, 0.2) is 28.3 Å². The van der Waals surface area contributed by atoms with Gasteiger partial charge in [-0.2, -0.15) is 0 Å². The second-order valence-electron chi connectivity index (χ2n) is 5.63. The van der Waals surface area contributed by atoms with Crippen LogP contribution >= 0.6 is 0 Å². The van der Waals surface area contributed by atoms with E-state index in [9.17, 15) is 9.59 Å². The molecule has 10 nitrogen and oxygen atoms in total. The Balaban J connectivity index is 1.56. The normalized spacial score (nSPS) is 15.2. The molecule has 1 fully saturated rings. The molecule has 124 valence electrons. The van der Waals surface area contributed by atoms with Crippen LogP contribution < -0.4 is 21.0 Å². The Kier molecular flexibility index (Phi) is 3.29. The van der Waals surface area contributed by atoms with Crippen molar-refractivity contribution in [1.82, 2.24) is 29.5 Å². The summed E-state index contributed by atoms with van der Waals surface area (Å²) in [4.78, 5) is 46.1. The number of nitrogens with one attached hydrogen (secondary N) is 2. The first kappa shape index (κ1) is 14.4.